The number of aliphatic imine (C=N–C) groups is 2. The number of hydrogen-bond donors (Lipinski definition) is 0. The van der Waals surface area contributed by atoms with Gasteiger partial charge in [-0.1, -0.05) is 244 Å². The van der Waals surface area contributed by atoms with E-state index in [1.165, 1.54) is 215 Å². The summed E-state index contributed by atoms with van der Waals surface area (Å²) >= 11 is 0. The van der Waals surface area contributed by atoms with E-state index in [-0.39, 0.29) is 20.4 Å². The SMILES string of the molecule is CCCCCCCCCCCCCCCC#CCCCc1ccccc1N=C(CCCCC)C(CCCCC)=Nc1ccccc1CCCC#CCCCCCCCCCCCCCCC.[Pd]. The van der Waals surface area contributed by atoms with Crippen LogP contribution in [0, 0.1) is 23.7 Å². The van der Waals surface area contributed by atoms with Crippen LogP contribution in [0.25, 0.3) is 0 Å². The summed E-state index contributed by atoms with van der Waals surface area (Å²) in [6.07, 6.45) is 53.7. The van der Waals surface area contributed by atoms with Crippen LogP contribution in [0.2, 0.25) is 0 Å². The molecule has 2 nitrogen and oxygen atoms in total. The van der Waals surface area contributed by atoms with E-state index in [1.807, 2.05) is 0 Å². The molecule has 3 heteroatoms. The summed E-state index contributed by atoms with van der Waals surface area (Å²) in [5.41, 5.74) is 7.31. The molecule has 2 aromatic rings. The smallest absolute Gasteiger partial charge is 0.0665 e. The first kappa shape index (κ1) is 62.6. The molecule has 0 N–H and O–H groups in total. The summed E-state index contributed by atoms with van der Waals surface area (Å²) in [6, 6.07) is 17.7. The van der Waals surface area contributed by atoms with Crippen molar-refractivity contribution in [3.05, 3.63) is 59.7 Å². The quantitative estimate of drug-likeness (QED) is 0.0274. The van der Waals surface area contributed by atoms with Crippen LogP contribution in [0.3, 0.4) is 0 Å². The molecule has 0 aromatic heterocycles. The fourth-order valence-electron chi connectivity index (χ4n) is 9.12. The van der Waals surface area contributed by atoms with Gasteiger partial charge in [-0.3, -0.25) is 9.98 Å². The number of para-hydroxylation sites is 2. The summed E-state index contributed by atoms with van der Waals surface area (Å²) in [5.74, 6) is 14.0. The molecule has 0 aliphatic rings. The van der Waals surface area contributed by atoms with Crippen molar-refractivity contribution in [1.29, 1.82) is 0 Å². The third-order valence-electron chi connectivity index (χ3n) is 13.4. The molecule has 2 rings (SSSR count). The van der Waals surface area contributed by atoms with Crippen molar-refractivity contribution in [2.75, 3.05) is 0 Å². The van der Waals surface area contributed by atoms with Gasteiger partial charge in [0.1, 0.15) is 0 Å². The molecule has 0 aliphatic carbocycles. The molecule has 0 saturated heterocycles. The molecule has 0 saturated carbocycles. The summed E-state index contributed by atoms with van der Waals surface area (Å²) in [6.45, 7) is 9.20. The number of nitrogens with zero attached hydrogens (tertiary/aromatic N) is 2. The van der Waals surface area contributed by atoms with E-state index in [9.17, 15) is 0 Å². The van der Waals surface area contributed by atoms with Crippen molar-refractivity contribution < 1.29 is 20.4 Å². The fraction of sp³-hybridized carbons (Fsp3) is 0.719. The predicted molar refractivity (Wildman–Crippen MR) is 297 cm³/mol. The molecule has 0 atom stereocenters. The molecule has 0 fully saturated rings. The van der Waals surface area contributed by atoms with Crippen LogP contribution >= 0.6 is 0 Å². The van der Waals surface area contributed by atoms with E-state index < -0.39 is 0 Å². The largest absolute Gasteiger partial charge is 0.251 e. The molecule has 0 aliphatic heterocycles. The number of aryl methyl sites for hydroxylation is 2. The predicted octanol–water partition coefficient (Wildman–Crippen LogP) is 21.3. The van der Waals surface area contributed by atoms with Gasteiger partial charge in [-0.2, -0.15) is 0 Å². The maximum absolute atomic E-state index is 5.52. The minimum atomic E-state index is 0. The Morgan fingerprint density at radius 2 is 0.567 bits per heavy atom. The van der Waals surface area contributed by atoms with Crippen molar-refractivity contribution >= 4 is 22.8 Å². The Morgan fingerprint density at radius 1 is 0.313 bits per heavy atom. The van der Waals surface area contributed by atoms with Gasteiger partial charge >= 0.3 is 0 Å². The minimum absolute atomic E-state index is 0. The maximum Gasteiger partial charge on any atom is 0.0665 e. The molecule has 0 unspecified atom stereocenters. The summed E-state index contributed by atoms with van der Waals surface area (Å²) < 4.78 is 0. The van der Waals surface area contributed by atoms with E-state index >= 15 is 0 Å². The van der Waals surface area contributed by atoms with Crippen molar-refractivity contribution in [3.8, 4) is 23.7 Å². The zero-order chi connectivity index (χ0) is 47.1. The van der Waals surface area contributed by atoms with Gasteiger partial charge in [0.15, 0.2) is 0 Å². The van der Waals surface area contributed by atoms with Crippen molar-refractivity contribution in [3.63, 3.8) is 0 Å². The molecule has 380 valence electrons. The monoisotopic (exact) mass is 1010 g/mol. The Bertz CT molecular complexity index is 1480. The average Bonchev–Trinajstić information content (AvgIpc) is 3.33. The van der Waals surface area contributed by atoms with Crippen LogP contribution in [0.15, 0.2) is 58.5 Å². The Balaban J connectivity index is 0.0000224. The van der Waals surface area contributed by atoms with Gasteiger partial charge in [0.2, 0.25) is 0 Å². The standard InChI is InChI=1S/C64H104N2.Pd/c1-5-9-13-15-17-19-21-23-25-27-29-31-33-35-37-39-41-45-51-59-53-47-49-55-61(59)65-63(57-43-11-7-3)64(58-44-12-8-4)66-62-56-50-48-54-60(62)52-46-42-40-38-36-34-32-30-28-26-24-22-20-18-16-14-10-6-2;/h47-50,53-56H,5-36,41-46,51-52,57-58H2,1-4H3;. The van der Waals surface area contributed by atoms with E-state index in [0.29, 0.717) is 0 Å². The average molecular weight is 1010 g/mol. The van der Waals surface area contributed by atoms with Crippen LogP contribution in [0.1, 0.15) is 296 Å². The van der Waals surface area contributed by atoms with Gasteiger partial charge in [0, 0.05) is 46.1 Å². The van der Waals surface area contributed by atoms with Gasteiger partial charge in [0.25, 0.3) is 0 Å². The van der Waals surface area contributed by atoms with Crippen molar-refractivity contribution in [2.45, 2.75) is 297 Å². The van der Waals surface area contributed by atoms with Crippen LogP contribution in [-0.2, 0) is 33.3 Å². The van der Waals surface area contributed by atoms with Crippen LogP contribution in [-0.4, -0.2) is 11.4 Å². The zero-order valence-corrected chi connectivity index (χ0v) is 46.1. The molecule has 0 spiro atoms. The number of rotatable bonds is 43. The number of benzene rings is 2. The second kappa shape index (κ2) is 48.6. The normalized spacial score (nSPS) is 11.5. The first-order valence-electron chi connectivity index (χ1n) is 29.0. The molecule has 67 heavy (non-hydrogen) atoms. The Hall–Kier alpha value is -2.44. The number of hydrogen-bond acceptors (Lipinski definition) is 2. The Labute approximate surface area is 431 Å². The molecular formula is C64H104N2Pd. The van der Waals surface area contributed by atoms with Crippen LogP contribution in [0.4, 0.5) is 11.4 Å². The van der Waals surface area contributed by atoms with E-state index in [0.717, 1.165) is 88.4 Å². The van der Waals surface area contributed by atoms with E-state index in [4.69, 9.17) is 9.98 Å². The summed E-state index contributed by atoms with van der Waals surface area (Å²) in [7, 11) is 0. The molecule has 0 heterocycles. The zero-order valence-electron chi connectivity index (χ0n) is 44.5. The van der Waals surface area contributed by atoms with Crippen molar-refractivity contribution in [2.24, 2.45) is 9.98 Å². The van der Waals surface area contributed by atoms with Gasteiger partial charge in [-0.15, -0.1) is 23.7 Å². The topological polar surface area (TPSA) is 24.7 Å². The van der Waals surface area contributed by atoms with Gasteiger partial charge in [-0.25, -0.2) is 0 Å². The molecular weight excluding hydrogens is 903 g/mol. The van der Waals surface area contributed by atoms with E-state index in [1.54, 1.807) is 0 Å². The van der Waals surface area contributed by atoms with Crippen molar-refractivity contribution in [1.82, 2.24) is 0 Å². The summed E-state index contributed by atoms with van der Waals surface area (Å²) in [4.78, 5) is 11.0. The molecule has 0 bridgehead atoms. The molecule has 2 aromatic carbocycles. The van der Waals surface area contributed by atoms with Crippen LogP contribution in [0.5, 0.6) is 0 Å². The second-order valence-corrected chi connectivity index (χ2v) is 19.7. The van der Waals surface area contributed by atoms with Crippen LogP contribution < -0.4 is 0 Å². The second-order valence-electron chi connectivity index (χ2n) is 19.7. The minimum Gasteiger partial charge on any atom is -0.251 e. The van der Waals surface area contributed by atoms with E-state index in [2.05, 4.69) is 99.9 Å². The Kier molecular flexibility index (Phi) is 45.4. The maximum atomic E-state index is 5.52. The fourth-order valence-corrected chi connectivity index (χ4v) is 9.12. The van der Waals surface area contributed by atoms with Gasteiger partial charge < -0.3 is 0 Å². The first-order valence-corrected chi connectivity index (χ1v) is 29.0. The third-order valence-corrected chi connectivity index (χ3v) is 13.4. The molecule has 0 radical (unpaired) electrons. The number of unbranched alkanes of at least 4 members (excludes halogenated alkanes) is 32. The Morgan fingerprint density at radius 3 is 0.881 bits per heavy atom. The van der Waals surface area contributed by atoms with Gasteiger partial charge in [0.05, 0.1) is 22.8 Å². The van der Waals surface area contributed by atoms with Gasteiger partial charge in [-0.05, 0) is 87.5 Å². The molecule has 0 amide bonds. The first-order chi connectivity index (χ1) is 32.7. The summed E-state index contributed by atoms with van der Waals surface area (Å²) in [5, 5.41) is 0. The third kappa shape index (κ3) is 36.2.